The van der Waals surface area contributed by atoms with Crippen LogP contribution in [0.3, 0.4) is 0 Å². The van der Waals surface area contributed by atoms with Gasteiger partial charge in [0.25, 0.3) is 0 Å². The summed E-state index contributed by atoms with van der Waals surface area (Å²) < 4.78 is 27.7. The molecule has 2 heterocycles. The first-order valence-electron chi connectivity index (χ1n) is 9.41. The normalized spacial score (nSPS) is 18.2. The largest absolute Gasteiger partial charge is 0.386 e. The number of pyridine rings is 1. The Labute approximate surface area is 163 Å². The van der Waals surface area contributed by atoms with E-state index < -0.39 is 11.9 Å². The fourth-order valence-electron chi connectivity index (χ4n) is 3.22. The van der Waals surface area contributed by atoms with Crippen molar-refractivity contribution in [3.05, 3.63) is 59.8 Å². The molecule has 0 bridgehead atoms. The summed E-state index contributed by atoms with van der Waals surface area (Å²) in [5.41, 5.74) is 0.222. The number of aliphatic hydroxyl groups is 1. The number of anilines is 1. The molecule has 2 aromatic rings. The molecule has 28 heavy (non-hydrogen) atoms. The van der Waals surface area contributed by atoms with Crippen molar-refractivity contribution in [2.45, 2.75) is 25.5 Å². The molecule has 3 N–H and O–H groups in total. The molecule has 0 saturated carbocycles. The van der Waals surface area contributed by atoms with Gasteiger partial charge in [0, 0.05) is 37.4 Å². The molecular weight excluding hydrogens is 364 g/mol. The van der Waals surface area contributed by atoms with E-state index in [1.165, 1.54) is 12.1 Å². The van der Waals surface area contributed by atoms with Gasteiger partial charge in [-0.3, -0.25) is 4.99 Å². The lowest BCUT2D eigenvalue weighted by atomic mass is 10.1. The third kappa shape index (κ3) is 4.95. The third-order valence-electron chi connectivity index (χ3n) is 4.60. The Morgan fingerprint density at radius 1 is 1.29 bits per heavy atom. The predicted molar refractivity (Wildman–Crippen MR) is 105 cm³/mol. The van der Waals surface area contributed by atoms with Gasteiger partial charge in [0.1, 0.15) is 11.9 Å². The van der Waals surface area contributed by atoms with Gasteiger partial charge in [-0.2, -0.15) is 0 Å². The molecule has 6 nitrogen and oxygen atoms in total. The van der Waals surface area contributed by atoms with E-state index in [9.17, 15) is 13.9 Å². The molecular formula is C20H25F2N5O. The summed E-state index contributed by atoms with van der Waals surface area (Å²) in [7, 11) is 0. The number of hydrogen-bond acceptors (Lipinski definition) is 4. The first-order chi connectivity index (χ1) is 13.6. The van der Waals surface area contributed by atoms with Crippen LogP contribution in [0.2, 0.25) is 0 Å². The minimum absolute atomic E-state index is 0.0293. The van der Waals surface area contributed by atoms with E-state index in [0.29, 0.717) is 31.4 Å². The summed E-state index contributed by atoms with van der Waals surface area (Å²) in [5, 5.41) is 16.7. The maximum Gasteiger partial charge on any atom is 0.191 e. The molecule has 3 rings (SSSR count). The van der Waals surface area contributed by atoms with Crippen molar-refractivity contribution in [2.24, 2.45) is 4.99 Å². The van der Waals surface area contributed by atoms with Crippen LogP contribution in [0.1, 0.15) is 25.0 Å². The number of aliphatic imine (C=N–C) groups is 1. The summed E-state index contributed by atoms with van der Waals surface area (Å²) in [6.45, 7) is 3.89. The van der Waals surface area contributed by atoms with Gasteiger partial charge in [0.2, 0.25) is 0 Å². The van der Waals surface area contributed by atoms with Crippen molar-refractivity contribution < 1.29 is 13.9 Å². The quantitative estimate of drug-likeness (QED) is 0.522. The number of aromatic nitrogens is 1. The van der Waals surface area contributed by atoms with Crippen LogP contribution in [0.15, 0.2) is 47.6 Å². The molecule has 0 spiro atoms. The average Bonchev–Trinajstić information content (AvgIpc) is 3.15. The topological polar surface area (TPSA) is 72.8 Å². The van der Waals surface area contributed by atoms with Gasteiger partial charge in [-0.05, 0) is 31.5 Å². The molecule has 2 unspecified atom stereocenters. The van der Waals surface area contributed by atoms with Gasteiger partial charge >= 0.3 is 0 Å². The molecule has 1 aromatic heterocycles. The number of nitrogens with one attached hydrogen (secondary N) is 2. The Balaban J connectivity index is 1.61. The van der Waals surface area contributed by atoms with Crippen molar-refractivity contribution in [1.82, 2.24) is 15.6 Å². The van der Waals surface area contributed by atoms with E-state index in [1.54, 1.807) is 30.5 Å². The number of aliphatic hydroxyl groups excluding tert-OH is 1. The molecule has 1 saturated heterocycles. The number of benzene rings is 1. The van der Waals surface area contributed by atoms with Gasteiger partial charge in [-0.25, -0.2) is 13.8 Å². The zero-order chi connectivity index (χ0) is 19.9. The molecule has 0 radical (unpaired) electrons. The predicted octanol–water partition coefficient (Wildman–Crippen LogP) is 2.23. The standard InChI is InChI=1S/C20H25F2N5O/c1-2-23-20(25-12-18(28)15-6-3-4-7-16(15)21)26-14-9-11-27(13-14)19-17(22)8-5-10-24-19/h3-8,10,14,18,28H,2,9,11-13H2,1H3,(H2,23,25,26). The van der Waals surface area contributed by atoms with E-state index in [4.69, 9.17) is 0 Å². The Kier molecular flexibility index (Phi) is 6.76. The van der Waals surface area contributed by atoms with Crippen molar-refractivity contribution in [3.8, 4) is 0 Å². The van der Waals surface area contributed by atoms with Crippen molar-refractivity contribution in [1.29, 1.82) is 0 Å². The van der Waals surface area contributed by atoms with Gasteiger partial charge < -0.3 is 20.6 Å². The number of guanidine groups is 1. The zero-order valence-corrected chi connectivity index (χ0v) is 15.8. The summed E-state index contributed by atoms with van der Waals surface area (Å²) >= 11 is 0. The Morgan fingerprint density at radius 3 is 2.82 bits per heavy atom. The van der Waals surface area contributed by atoms with Crippen LogP contribution in [-0.2, 0) is 0 Å². The SMILES string of the molecule is CCNC(=NCC(O)c1ccccc1F)NC1CCN(c2ncccc2F)C1. The highest BCUT2D eigenvalue weighted by Crippen LogP contribution is 2.21. The molecule has 0 amide bonds. The first-order valence-corrected chi connectivity index (χ1v) is 9.41. The van der Waals surface area contributed by atoms with Gasteiger partial charge in [0.15, 0.2) is 17.6 Å². The number of hydrogen-bond donors (Lipinski definition) is 3. The van der Waals surface area contributed by atoms with E-state index in [0.717, 1.165) is 6.42 Å². The summed E-state index contributed by atoms with van der Waals surface area (Å²) in [6.07, 6.45) is 1.35. The lowest BCUT2D eigenvalue weighted by Crippen LogP contribution is -2.45. The minimum Gasteiger partial charge on any atom is -0.386 e. The summed E-state index contributed by atoms with van der Waals surface area (Å²) in [6, 6.07) is 9.15. The maximum absolute atomic E-state index is 13.9. The van der Waals surface area contributed by atoms with Crippen molar-refractivity contribution >= 4 is 11.8 Å². The highest BCUT2D eigenvalue weighted by atomic mass is 19.1. The molecule has 0 aliphatic carbocycles. The van der Waals surface area contributed by atoms with Crippen molar-refractivity contribution in [3.63, 3.8) is 0 Å². The summed E-state index contributed by atoms with van der Waals surface area (Å²) in [5.74, 6) is 0.0960. The lowest BCUT2D eigenvalue weighted by molar-refractivity contribution is 0.182. The monoisotopic (exact) mass is 389 g/mol. The lowest BCUT2D eigenvalue weighted by Gasteiger charge is -2.20. The minimum atomic E-state index is -1.03. The molecule has 1 aliphatic rings. The molecule has 1 fully saturated rings. The van der Waals surface area contributed by atoms with E-state index >= 15 is 0 Å². The van der Waals surface area contributed by atoms with Crippen LogP contribution >= 0.6 is 0 Å². The molecule has 8 heteroatoms. The fourth-order valence-corrected chi connectivity index (χ4v) is 3.22. The van der Waals surface area contributed by atoms with E-state index in [-0.39, 0.29) is 24.0 Å². The van der Waals surface area contributed by atoms with E-state index in [2.05, 4.69) is 20.6 Å². The van der Waals surface area contributed by atoms with Crippen LogP contribution in [0, 0.1) is 11.6 Å². The average molecular weight is 389 g/mol. The third-order valence-corrected chi connectivity index (χ3v) is 4.60. The van der Waals surface area contributed by atoms with Gasteiger partial charge in [-0.15, -0.1) is 0 Å². The van der Waals surface area contributed by atoms with Crippen molar-refractivity contribution in [2.75, 3.05) is 31.1 Å². The van der Waals surface area contributed by atoms with Gasteiger partial charge in [-0.1, -0.05) is 18.2 Å². The number of rotatable bonds is 6. The summed E-state index contributed by atoms with van der Waals surface area (Å²) in [4.78, 5) is 10.4. The van der Waals surface area contributed by atoms with Crippen LogP contribution in [0.4, 0.5) is 14.6 Å². The maximum atomic E-state index is 13.9. The Bertz CT molecular complexity index is 817. The fraction of sp³-hybridized carbons (Fsp3) is 0.400. The number of halogens is 2. The second-order valence-electron chi connectivity index (χ2n) is 6.64. The zero-order valence-electron chi connectivity index (χ0n) is 15.8. The second-order valence-corrected chi connectivity index (χ2v) is 6.64. The van der Waals surface area contributed by atoms with Crippen LogP contribution < -0.4 is 15.5 Å². The van der Waals surface area contributed by atoms with Crippen LogP contribution in [0.25, 0.3) is 0 Å². The van der Waals surface area contributed by atoms with E-state index in [1.807, 2.05) is 11.8 Å². The Morgan fingerprint density at radius 2 is 2.07 bits per heavy atom. The second kappa shape index (κ2) is 9.45. The number of nitrogens with zero attached hydrogens (tertiary/aromatic N) is 3. The highest BCUT2D eigenvalue weighted by molar-refractivity contribution is 5.80. The molecule has 1 aliphatic heterocycles. The molecule has 150 valence electrons. The molecule has 1 aromatic carbocycles. The molecule has 2 atom stereocenters. The Hall–Kier alpha value is -2.74. The highest BCUT2D eigenvalue weighted by Gasteiger charge is 2.26. The van der Waals surface area contributed by atoms with Gasteiger partial charge in [0.05, 0.1) is 6.54 Å². The van der Waals surface area contributed by atoms with Crippen LogP contribution in [-0.4, -0.2) is 48.3 Å². The smallest absolute Gasteiger partial charge is 0.191 e. The first kappa shape index (κ1) is 20.0. The van der Waals surface area contributed by atoms with Crippen LogP contribution in [0.5, 0.6) is 0 Å².